The summed E-state index contributed by atoms with van der Waals surface area (Å²) in [7, 11) is 1.71. The van der Waals surface area contributed by atoms with E-state index in [4.69, 9.17) is 4.74 Å². The molecule has 0 aliphatic carbocycles. The first-order chi connectivity index (χ1) is 11.9. The van der Waals surface area contributed by atoms with Crippen LogP contribution < -0.4 is 15.0 Å². The number of hydrogen-bond acceptors (Lipinski definition) is 3. The molecule has 0 saturated carbocycles. The molecule has 0 fully saturated rings. The maximum atomic E-state index is 12.1. The Morgan fingerprint density at radius 1 is 1.20 bits per heavy atom. The second-order valence-corrected chi connectivity index (χ2v) is 6.07. The van der Waals surface area contributed by atoms with Gasteiger partial charge < -0.3 is 15.0 Å². The summed E-state index contributed by atoms with van der Waals surface area (Å²) in [4.78, 5) is 25.6. The van der Waals surface area contributed by atoms with Crippen LogP contribution in [0, 0.1) is 6.92 Å². The van der Waals surface area contributed by atoms with Gasteiger partial charge >= 0.3 is 0 Å². The first-order valence-electron chi connectivity index (χ1n) is 8.08. The van der Waals surface area contributed by atoms with E-state index in [0.717, 1.165) is 5.56 Å². The van der Waals surface area contributed by atoms with Gasteiger partial charge in [0.1, 0.15) is 5.75 Å². The van der Waals surface area contributed by atoms with Crippen LogP contribution in [0.5, 0.6) is 5.75 Å². The third kappa shape index (κ3) is 3.71. The maximum absolute atomic E-state index is 12.1. The largest absolute Gasteiger partial charge is 0.479 e. The smallest absolute Gasteiger partial charge is 0.267 e. The SMILES string of the molecule is Cc1ccc(/C=C/C(=O)Nc2ccc3c(c2)OC(C)C(=O)N3C)cc1. The number of carbonyl (C=O) groups excluding carboxylic acids is 2. The van der Waals surface area contributed by atoms with Crippen molar-refractivity contribution in [3.8, 4) is 5.75 Å². The summed E-state index contributed by atoms with van der Waals surface area (Å²) in [5.41, 5.74) is 3.44. The van der Waals surface area contributed by atoms with Crippen molar-refractivity contribution in [3.05, 3.63) is 59.7 Å². The number of anilines is 2. The highest BCUT2D eigenvalue weighted by atomic mass is 16.5. The molecule has 2 amide bonds. The van der Waals surface area contributed by atoms with Gasteiger partial charge in [0.15, 0.2) is 6.10 Å². The van der Waals surface area contributed by atoms with E-state index >= 15 is 0 Å². The van der Waals surface area contributed by atoms with Gasteiger partial charge in [-0.1, -0.05) is 29.8 Å². The summed E-state index contributed by atoms with van der Waals surface area (Å²) in [5, 5.41) is 2.81. The topological polar surface area (TPSA) is 58.6 Å². The van der Waals surface area contributed by atoms with Crippen LogP contribution in [-0.4, -0.2) is 25.0 Å². The van der Waals surface area contributed by atoms with E-state index in [2.05, 4.69) is 5.32 Å². The molecule has 5 nitrogen and oxygen atoms in total. The predicted octanol–water partition coefficient (Wildman–Crippen LogP) is 3.39. The zero-order chi connectivity index (χ0) is 18.0. The molecule has 2 aromatic carbocycles. The molecular formula is C20H20N2O3. The molecule has 1 atom stereocenters. The van der Waals surface area contributed by atoms with E-state index in [0.29, 0.717) is 17.1 Å². The molecule has 3 rings (SSSR count). The highest BCUT2D eigenvalue weighted by Crippen LogP contribution is 2.35. The number of benzene rings is 2. The lowest BCUT2D eigenvalue weighted by molar-refractivity contribution is -0.125. The van der Waals surface area contributed by atoms with Crippen molar-refractivity contribution in [1.29, 1.82) is 0 Å². The first kappa shape index (κ1) is 16.8. The van der Waals surface area contributed by atoms with Crippen molar-refractivity contribution in [2.45, 2.75) is 20.0 Å². The molecule has 5 heteroatoms. The van der Waals surface area contributed by atoms with Crippen molar-refractivity contribution < 1.29 is 14.3 Å². The van der Waals surface area contributed by atoms with Crippen LogP contribution in [0.15, 0.2) is 48.5 Å². The number of aryl methyl sites for hydroxylation is 1. The fourth-order valence-corrected chi connectivity index (χ4v) is 2.63. The molecule has 1 heterocycles. The fraction of sp³-hybridized carbons (Fsp3) is 0.200. The Morgan fingerprint density at radius 3 is 2.64 bits per heavy atom. The van der Waals surface area contributed by atoms with Gasteiger partial charge in [0.2, 0.25) is 5.91 Å². The minimum Gasteiger partial charge on any atom is -0.479 e. The Morgan fingerprint density at radius 2 is 1.92 bits per heavy atom. The Bertz CT molecular complexity index is 841. The number of nitrogens with one attached hydrogen (secondary N) is 1. The van der Waals surface area contributed by atoms with Gasteiger partial charge in [0.05, 0.1) is 5.69 Å². The van der Waals surface area contributed by atoms with Crippen molar-refractivity contribution in [1.82, 2.24) is 0 Å². The second kappa shape index (κ2) is 6.81. The number of amides is 2. The molecule has 0 saturated heterocycles. The van der Waals surface area contributed by atoms with Crippen molar-refractivity contribution >= 4 is 29.3 Å². The van der Waals surface area contributed by atoms with Crippen LogP contribution in [0.1, 0.15) is 18.1 Å². The lowest BCUT2D eigenvalue weighted by Gasteiger charge is -2.30. The number of rotatable bonds is 3. The summed E-state index contributed by atoms with van der Waals surface area (Å²) in [5.74, 6) is 0.258. The van der Waals surface area contributed by atoms with E-state index in [1.165, 1.54) is 11.6 Å². The lowest BCUT2D eigenvalue weighted by Crippen LogP contribution is -2.41. The third-order valence-electron chi connectivity index (χ3n) is 4.08. The number of likely N-dealkylation sites (N-methyl/N-ethyl adjacent to an activating group) is 1. The molecule has 1 N–H and O–H groups in total. The van der Waals surface area contributed by atoms with Crippen LogP contribution in [0.2, 0.25) is 0 Å². The predicted molar refractivity (Wildman–Crippen MR) is 98.8 cm³/mol. The molecule has 128 valence electrons. The minimum atomic E-state index is -0.537. The van der Waals surface area contributed by atoms with Gasteiger partial charge in [0.25, 0.3) is 5.91 Å². The molecule has 1 aliphatic heterocycles. The van der Waals surface area contributed by atoms with Crippen molar-refractivity contribution in [3.63, 3.8) is 0 Å². The summed E-state index contributed by atoms with van der Waals surface area (Å²) < 4.78 is 5.62. The second-order valence-electron chi connectivity index (χ2n) is 6.07. The van der Waals surface area contributed by atoms with Gasteiger partial charge in [0, 0.05) is 24.9 Å². The summed E-state index contributed by atoms with van der Waals surface area (Å²) >= 11 is 0. The summed E-state index contributed by atoms with van der Waals surface area (Å²) in [6.07, 6.45) is 2.71. The van der Waals surface area contributed by atoms with E-state index in [1.54, 1.807) is 43.1 Å². The van der Waals surface area contributed by atoms with E-state index in [-0.39, 0.29) is 11.8 Å². The molecule has 0 spiro atoms. The Hall–Kier alpha value is -3.08. The number of carbonyl (C=O) groups is 2. The molecule has 0 aromatic heterocycles. The zero-order valence-corrected chi connectivity index (χ0v) is 14.4. The van der Waals surface area contributed by atoms with Gasteiger partial charge in [-0.3, -0.25) is 9.59 Å². The zero-order valence-electron chi connectivity index (χ0n) is 14.4. The summed E-state index contributed by atoms with van der Waals surface area (Å²) in [6.45, 7) is 3.72. The highest BCUT2D eigenvalue weighted by molar-refractivity contribution is 6.03. The Labute approximate surface area is 146 Å². The molecule has 25 heavy (non-hydrogen) atoms. The average molecular weight is 336 g/mol. The molecule has 0 radical (unpaired) electrons. The quantitative estimate of drug-likeness (QED) is 0.874. The Balaban J connectivity index is 1.71. The minimum absolute atomic E-state index is 0.0923. The number of hydrogen-bond donors (Lipinski definition) is 1. The standard InChI is InChI=1S/C20H20N2O3/c1-13-4-6-15(7-5-13)8-11-19(23)21-16-9-10-17-18(12-16)25-14(2)20(24)22(17)3/h4-12,14H,1-3H3,(H,21,23)/b11-8+. The number of nitrogens with zero attached hydrogens (tertiary/aromatic N) is 1. The normalized spacial score (nSPS) is 16.5. The van der Waals surface area contributed by atoms with Gasteiger partial charge in [-0.05, 0) is 37.6 Å². The highest BCUT2D eigenvalue weighted by Gasteiger charge is 2.28. The summed E-state index contributed by atoms with van der Waals surface area (Å²) in [6, 6.07) is 13.2. The molecular weight excluding hydrogens is 316 g/mol. The van der Waals surface area contributed by atoms with Crippen LogP contribution in [0.3, 0.4) is 0 Å². The van der Waals surface area contributed by atoms with Crippen LogP contribution >= 0.6 is 0 Å². The Kier molecular flexibility index (Phi) is 4.57. The van der Waals surface area contributed by atoms with Crippen molar-refractivity contribution in [2.75, 3.05) is 17.3 Å². The van der Waals surface area contributed by atoms with Gasteiger partial charge in [-0.25, -0.2) is 0 Å². The number of ether oxygens (including phenoxy) is 1. The average Bonchev–Trinajstić information content (AvgIpc) is 2.59. The van der Waals surface area contributed by atoms with Gasteiger partial charge in [-0.15, -0.1) is 0 Å². The van der Waals surface area contributed by atoms with Gasteiger partial charge in [-0.2, -0.15) is 0 Å². The maximum Gasteiger partial charge on any atom is 0.267 e. The first-order valence-corrected chi connectivity index (χ1v) is 8.08. The molecule has 1 aliphatic rings. The van der Waals surface area contributed by atoms with Crippen LogP contribution in [0.25, 0.3) is 6.08 Å². The van der Waals surface area contributed by atoms with E-state index in [9.17, 15) is 9.59 Å². The lowest BCUT2D eigenvalue weighted by atomic mass is 10.1. The van der Waals surface area contributed by atoms with Crippen molar-refractivity contribution in [2.24, 2.45) is 0 Å². The van der Waals surface area contributed by atoms with E-state index in [1.807, 2.05) is 31.2 Å². The number of fused-ring (bicyclic) bond motifs is 1. The van der Waals surface area contributed by atoms with Crippen LogP contribution in [-0.2, 0) is 9.59 Å². The third-order valence-corrected chi connectivity index (χ3v) is 4.08. The molecule has 2 aromatic rings. The molecule has 0 bridgehead atoms. The van der Waals surface area contributed by atoms with Crippen LogP contribution in [0.4, 0.5) is 11.4 Å². The van der Waals surface area contributed by atoms with E-state index < -0.39 is 6.10 Å². The molecule has 1 unspecified atom stereocenters. The fourth-order valence-electron chi connectivity index (χ4n) is 2.63. The monoisotopic (exact) mass is 336 g/mol.